The fourth-order valence-electron chi connectivity index (χ4n) is 2.32. The summed E-state index contributed by atoms with van der Waals surface area (Å²) in [5.41, 5.74) is 1.10. The Morgan fingerprint density at radius 1 is 1.60 bits per heavy atom. The van der Waals surface area contributed by atoms with Crippen LogP contribution in [0.15, 0.2) is 12.4 Å². The van der Waals surface area contributed by atoms with E-state index in [1.165, 1.54) is 25.7 Å². The average molecular weight is 205 g/mol. The van der Waals surface area contributed by atoms with Crippen LogP contribution in [0, 0.1) is 11.3 Å². The van der Waals surface area contributed by atoms with Gasteiger partial charge in [-0.2, -0.15) is 5.10 Å². The number of carbonyl (C=O) groups is 1. The first-order valence-corrected chi connectivity index (χ1v) is 5.57. The molecule has 2 saturated carbocycles. The predicted octanol–water partition coefficient (Wildman–Crippen LogP) is 1.33. The van der Waals surface area contributed by atoms with Crippen molar-refractivity contribution in [2.24, 2.45) is 11.3 Å². The first kappa shape index (κ1) is 8.95. The van der Waals surface area contributed by atoms with Crippen LogP contribution in [-0.4, -0.2) is 22.6 Å². The lowest BCUT2D eigenvalue weighted by Gasteiger charge is -2.14. The zero-order chi connectivity index (χ0) is 10.3. The predicted molar refractivity (Wildman–Crippen MR) is 55.3 cm³/mol. The molecule has 0 saturated heterocycles. The topological polar surface area (TPSA) is 57.8 Å². The lowest BCUT2D eigenvalue weighted by atomic mass is 10.0. The van der Waals surface area contributed by atoms with E-state index in [4.69, 9.17) is 0 Å². The number of aromatic amines is 1. The molecule has 0 spiro atoms. The Bertz CT molecular complexity index is 363. The van der Waals surface area contributed by atoms with E-state index in [1.807, 2.05) is 0 Å². The van der Waals surface area contributed by atoms with Crippen LogP contribution in [0.4, 0.5) is 0 Å². The summed E-state index contributed by atoms with van der Waals surface area (Å²) in [6.07, 6.45) is 8.51. The highest BCUT2D eigenvalue weighted by Crippen LogP contribution is 2.60. The Labute approximate surface area is 88.4 Å². The number of hydrogen-bond donors (Lipinski definition) is 2. The lowest BCUT2D eigenvalue weighted by molar-refractivity contribution is 0.0942. The van der Waals surface area contributed by atoms with Crippen LogP contribution in [-0.2, 0) is 0 Å². The molecule has 0 aliphatic heterocycles. The van der Waals surface area contributed by atoms with Crippen molar-refractivity contribution in [2.75, 3.05) is 6.54 Å². The van der Waals surface area contributed by atoms with Crippen molar-refractivity contribution in [2.45, 2.75) is 25.7 Å². The number of nitrogens with one attached hydrogen (secondary N) is 2. The van der Waals surface area contributed by atoms with E-state index in [-0.39, 0.29) is 5.91 Å². The largest absolute Gasteiger partial charge is 0.351 e. The van der Waals surface area contributed by atoms with Gasteiger partial charge in [-0.05, 0) is 37.0 Å². The van der Waals surface area contributed by atoms with Crippen molar-refractivity contribution < 1.29 is 4.79 Å². The Kier molecular flexibility index (Phi) is 1.84. The third kappa shape index (κ3) is 1.64. The molecule has 1 heterocycles. The van der Waals surface area contributed by atoms with E-state index in [9.17, 15) is 4.79 Å². The minimum absolute atomic E-state index is 0.00400. The molecule has 0 atom stereocenters. The van der Waals surface area contributed by atoms with Gasteiger partial charge in [-0.1, -0.05) is 0 Å². The van der Waals surface area contributed by atoms with Crippen LogP contribution >= 0.6 is 0 Å². The molecular weight excluding hydrogens is 190 g/mol. The molecule has 0 unspecified atom stereocenters. The molecule has 80 valence electrons. The Balaban J connectivity index is 1.56. The SMILES string of the molecule is O=C(NCC1(C2CC2)CC1)c1cn[nH]c1. The Hall–Kier alpha value is -1.32. The van der Waals surface area contributed by atoms with Gasteiger partial charge in [-0.15, -0.1) is 0 Å². The highest BCUT2D eigenvalue weighted by atomic mass is 16.1. The molecule has 4 heteroatoms. The molecule has 1 amide bonds. The number of carbonyl (C=O) groups excluding carboxylic acids is 1. The summed E-state index contributed by atoms with van der Waals surface area (Å²) in [5, 5.41) is 9.42. The molecule has 0 bridgehead atoms. The standard InChI is InChI=1S/C11H15N3O/c15-10(8-5-13-14-6-8)12-7-11(3-4-11)9-1-2-9/h5-6,9H,1-4,7H2,(H,12,15)(H,13,14). The van der Waals surface area contributed by atoms with Crippen LogP contribution < -0.4 is 5.32 Å². The number of H-pyrrole nitrogens is 1. The zero-order valence-electron chi connectivity index (χ0n) is 8.62. The summed E-state index contributed by atoms with van der Waals surface area (Å²) >= 11 is 0. The van der Waals surface area contributed by atoms with Crippen LogP contribution in [0.5, 0.6) is 0 Å². The van der Waals surface area contributed by atoms with Crippen molar-refractivity contribution >= 4 is 5.91 Å². The maximum atomic E-state index is 11.7. The highest BCUT2D eigenvalue weighted by Gasteiger charge is 2.53. The minimum Gasteiger partial charge on any atom is -0.351 e. The Morgan fingerprint density at radius 2 is 2.40 bits per heavy atom. The van der Waals surface area contributed by atoms with Gasteiger partial charge in [0.1, 0.15) is 0 Å². The van der Waals surface area contributed by atoms with E-state index in [2.05, 4.69) is 15.5 Å². The maximum Gasteiger partial charge on any atom is 0.254 e. The zero-order valence-corrected chi connectivity index (χ0v) is 8.62. The molecule has 4 nitrogen and oxygen atoms in total. The molecule has 2 fully saturated rings. The lowest BCUT2D eigenvalue weighted by Crippen LogP contribution is -2.30. The van der Waals surface area contributed by atoms with E-state index in [0.717, 1.165) is 12.5 Å². The van der Waals surface area contributed by atoms with Crippen molar-refractivity contribution in [1.82, 2.24) is 15.5 Å². The van der Waals surface area contributed by atoms with E-state index in [0.29, 0.717) is 11.0 Å². The number of hydrogen-bond acceptors (Lipinski definition) is 2. The average Bonchev–Trinajstić information content (AvgIpc) is 3.14. The fourth-order valence-corrected chi connectivity index (χ4v) is 2.32. The van der Waals surface area contributed by atoms with Crippen molar-refractivity contribution in [1.29, 1.82) is 0 Å². The molecule has 15 heavy (non-hydrogen) atoms. The maximum absolute atomic E-state index is 11.7. The van der Waals surface area contributed by atoms with Gasteiger partial charge in [0.25, 0.3) is 5.91 Å². The Morgan fingerprint density at radius 3 is 2.93 bits per heavy atom. The molecular formula is C11H15N3O. The molecule has 3 rings (SSSR count). The second kappa shape index (κ2) is 3.08. The van der Waals surface area contributed by atoms with Gasteiger partial charge in [0.15, 0.2) is 0 Å². The molecule has 2 aliphatic carbocycles. The number of amides is 1. The quantitative estimate of drug-likeness (QED) is 0.779. The third-order valence-corrected chi connectivity index (χ3v) is 3.70. The minimum atomic E-state index is -0.00400. The highest BCUT2D eigenvalue weighted by molar-refractivity contribution is 5.93. The van der Waals surface area contributed by atoms with Crippen molar-refractivity contribution in [3.63, 3.8) is 0 Å². The van der Waals surface area contributed by atoms with Gasteiger partial charge < -0.3 is 5.32 Å². The molecule has 2 aliphatic rings. The second-order valence-electron chi connectivity index (χ2n) is 4.81. The van der Waals surface area contributed by atoms with Crippen LogP contribution in [0.25, 0.3) is 0 Å². The second-order valence-corrected chi connectivity index (χ2v) is 4.81. The fraction of sp³-hybridized carbons (Fsp3) is 0.636. The van der Waals surface area contributed by atoms with Crippen LogP contribution in [0.1, 0.15) is 36.0 Å². The summed E-state index contributed by atoms with van der Waals surface area (Å²) in [6, 6.07) is 0. The van der Waals surface area contributed by atoms with Gasteiger partial charge in [-0.3, -0.25) is 9.89 Å². The summed E-state index contributed by atoms with van der Waals surface area (Å²) in [4.78, 5) is 11.7. The van der Waals surface area contributed by atoms with E-state index < -0.39 is 0 Å². The number of nitrogens with zero attached hydrogens (tertiary/aromatic N) is 1. The molecule has 2 N–H and O–H groups in total. The van der Waals surface area contributed by atoms with Gasteiger partial charge in [0, 0.05) is 12.7 Å². The number of rotatable bonds is 4. The van der Waals surface area contributed by atoms with Gasteiger partial charge in [0.2, 0.25) is 0 Å². The van der Waals surface area contributed by atoms with Gasteiger partial charge >= 0.3 is 0 Å². The van der Waals surface area contributed by atoms with Gasteiger partial charge in [0.05, 0.1) is 11.8 Å². The third-order valence-electron chi connectivity index (χ3n) is 3.70. The molecule has 1 aromatic rings. The molecule has 1 aromatic heterocycles. The van der Waals surface area contributed by atoms with E-state index in [1.54, 1.807) is 12.4 Å². The summed E-state index contributed by atoms with van der Waals surface area (Å²) in [5.74, 6) is 0.887. The normalized spacial score (nSPS) is 22.4. The van der Waals surface area contributed by atoms with Crippen LogP contribution in [0.2, 0.25) is 0 Å². The molecule has 0 aromatic carbocycles. The first-order valence-electron chi connectivity index (χ1n) is 5.57. The number of aromatic nitrogens is 2. The summed E-state index contributed by atoms with van der Waals surface area (Å²) < 4.78 is 0. The summed E-state index contributed by atoms with van der Waals surface area (Å²) in [6.45, 7) is 0.849. The summed E-state index contributed by atoms with van der Waals surface area (Å²) in [7, 11) is 0. The van der Waals surface area contributed by atoms with Crippen molar-refractivity contribution in [3.05, 3.63) is 18.0 Å². The first-order chi connectivity index (χ1) is 7.30. The van der Waals surface area contributed by atoms with E-state index >= 15 is 0 Å². The monoisotopic (exact) mass is 205 g/mol. The van der Waals surface area contributed by atoms with Crippen LogP contribution in [0.3, 0.4) is 0 Å². The van der Waals surface area contributed by atoms with Crippen molar-refractivity contribution in [3.8, 4) is 0 Å². The smallest absolute Gasteiger partial charge is 0.254 e. The van der Waals surface area contributed by atoms with Gasteiger partial charge in [-0.25, -0.2) is 0 Å². The molecule has 0 radical (unpaired) electrons.